The van der Waals surface area contributed by atoms with Crippen molar-refractivity contribution in [2.45, 2.75) is 6.61 Å². The Kier molecular flexibility index (Phi) is 3.65. The van der Waals surface area contributed by atoms with E-state index in [1.165, 1.54) is 0 Å². The average molecular weight is 258 g/mol. The molecule has 0 aliphatic carbocycles. The first-order valence-corrected chi connectivity index (χ1v) is 4.26. The number of nitro benzene ring substituents is 1. The standard InChI is InChI=1S/C7H3Cl2F2NO3/c8-3-1-2-4(15-7(10)11)5(9)6(3)12(13)14/h1-2,7H. The highest BCUT2D eigenvalue weighted by atomic mass is 35.5. The minimum Gasteiger partial charge on any atom is -0.433 e. The van der Waals surface area contributed by atoms with Crippen molar-refractivity contribution >= 4 is 28.9 Å². The van der Waals surface area contributed by atoms with E-state index < -0.39 is 28.0 Å². The summed E-state index contributed by atoms with van der Waals surface area (Å²) in [5.41, 5.74) is -0.656. The van der Waals surface area contributed by atoms with Gasteiger partial charge in [-0.2, -0.15) is 8.78 Å². The summed E-state index contributed by atoms with van der Waals surface area (Å²) in [4.78, 5) is 9.60. The van der Waals surface area contributed by atoms with Crippen molar-refractivity contribution in [3.63, 3.8) is 0 Å². The molecule has 0 radical (unpaired) electrons. The van der Waals surface area contributed by atoms with Gasteiger partial charge in [-0.3, -0.25) is 10.1 Å². The summed E-state index contributed by atoms with van der Waals surface area (Å²) in [6.45, 7) is -3.11. The van der Waals surface area contributed by atoms with E-state index in [-0.39, 0.29) is 5.02 Å². The van der Waals surface area contributed by atoms with E-state index in [0.29, 0.717) is 0 Å². The molecule has 0 N–H and O–H groups in total. The van der Waals surface area contributed by atoms with Gasteiger partial charge >= 0.3 is 12.3 Å². The van der Waals surface area contributed by atoms with Crippen molar-refractivity contribution in [2.24, 2.45) is 0 Å². The summed E-state index contributed by atoms with van der Waals surface area (Å²) >= 11 is 10.9. The number of nitrogens with zero attached hydrogens (tertiary/aromatic N) is 1. The van der Waals surface area contributed by atoms with Gasteiger partial charge in [0.15, 0.2) is 10.8 Å². The molecular weight excluding hydrogens is 255 g/mol. The first kappa shape index (κ1) is 11.9. The van der Waals surface area contributed by atoms with Crippen LogP contribution in [-0.2, 0) is 0 Å². The maximum atomic E-state index is 11.9. The lowest BCUT2D eigenvalue weighted by molar-refractivity contribution is -0.384. The van der Waals surface area contributed by atoms with E-state index >= 15 is 0 Å². The van der Waals surface area contributed by atoms with Crippen LogP contribution in [0, 0.1) is 10.1 Å². The topological polar surface area (TPSA) is 52.4 Å². The maximum Gasteiger partial charge on any atom is 0.387 e. The Bertz CT molecular complexity index is 400. The minimum absolute atomic E-state index is 0.244. The molecule has 1 aromatic carbocycles. The highest BCUT2D eigenvalue weighted by molar-refractivity contribution is 6.39. The Labute approximate surface area is 92.5 Å². The van der Waals surface area contributed by atoms with Crippen LogP contribution in [0.2, 0.25) is 10.0 Å². The fourth-order valence-corrected chi connectivity index (χ4v) is 1.43. The molecule has 0 unspecified atom stereocenters. The van der Waals surface area contributed by atoms with E-state index in [9.17, 15) is 18.9 Å². The first-order chi connectivity index (χ1) is 6.93. The second kappa shape index (κ2) is 4.59. The second-order valence-electron chi connectivity index (χ2n) is 2.34. The normalized spacial score (nSPS) is 10.5. The van der Waals surface area contributed by atoms with Crippen LogP contribution in [0.25, 0.3) is 0 Å². The molecule has 0 saturated carbocycles. The van der Waals surface area contributed by atoms with Gasteiger partial charge in [-0.1, -0.05) is 23.2 Å². The summed E-state index contributed by atoms with van der Waals surface area (Å²) in [6, 6.07) is 2.09. The van der Waals surface area contributed by atoms with Gasteiger partial charge in [0.25, 0.3) is 0 Å². The van der Waals surface area contributed by atoms with Gasteiger partial charge in [-0.05, 0) is 12.1 Å². The number of halogens is 4. The van der Waals surface area contributed by atoms with Crippen molar-refractivity contribution in [1.82, 2.24) is 0 Å². The van der Waals surface area contributed by atoms with Crippen molar-refractivity contribution in [3.8, 4) is 5.75 Å². The molecular formula is C7H3Cl2F2NO3. The number of benzene rings is 1. The van der Waals surface area contributed by atoms with Crippen LogP contribution in [-0.4, -0.2) is 11.5 Å². The molecule has 0 spiro atoms. The van der Waals surface area contributed by atoms with Gasteiger partial charge in [0.2, 0.25) is 0 Å². The number of rotatable bonds is 3. The minimum atomic E-state index is -3.11. The molecule has 0 heterocycles. The average Bonchev–Trinajstić information content (AvgIpc) is 2.09. The van der Waals surface area contributed by atoms with Crippen LogP contribution in [0.1, 0.15) is 0 Å². The van der Waals surface area contributed by atoms with Gasteiger partial charge in [-0.25, -0.2) is 0 Å². The van der Waals surface area contributed by atoms with Crippen LogP contribution in [0.15, 0.2) is 12.1 Å². The number of hydrogen-bond donors (Lipinski definition) is 0. The summed E-state index contributed by atoms with van der Waals surface area (Å²) in [5, 5.41) is 9.68. The van der Waals surface area contributed by atoms with E-state index in [4.69, 9.17) is 23.2 Å². The zero-order valence-corrected chi connectivity index (χ0v) is 8.43. The SMILES string of the molecule is O=[N+]([O-])c1c(Cl)ccc(OC(F)F)c1Cl. The number of nitro groups is 1. The molecule has 0 aliphatic heterocycles. The summed E-state index contributed by atoms with van der Waals surface area (Å²) in [7, 11) is 0. The molecule has 1 aromatic rings. The van der Waals surface area contributed by atoms with Gasteiger partial charge in [-0.15, -0.1) is 0 Å². The zero-order chi connectivity index (χ0) is 11.6. The highest BCUT2D eigenvalue weighted by Gasteiger charge is 2.23. The van der Waals surface area contributed by atoms with E-state index in [0.717, 1.165) is 12.1 Å². The summed E-state index contributed by atoms with van der Waals surface area (Å²) < 4.78 is 27.7. The predicted molar refractivity (Wildman–Crippen MR) is 49.7 cm³/mol. The third-order valence-electron chi connectivity index (χ3n) is 1.43. The lowest BCUT2D eigenvalue weighted by Gasteiger charge is -2.06. The van der Waals surface area contributed by atoms with Crippen LogP contribution in [0.5, 0.6) is 5.75 Å². The molecule has 1 rings (SSSR count). The Balaban J connectivity index is 3.22. The summed E-state index contributed by atoms with van der Waals surface area (Å²) in [5.74, 6) is -0.484. The maximum absolute atomic E-state index is 11.9. The Morgan fingerprint density at radius 1 is 1.40 bits per heavy atom. The van der Waals surface area contributed by atoms with Crippen LogP contribution in [0.4, 0.5) is 14.5 Å². The molecule has 4 nitrogen and oxygen atoms in total. The number of hydrogen-bond acceptors (Lipinski definition) is 3. The molecule has 0 atom stereocenters. The lowest BCUT2D eigenvalue weighted by atomic mass is 10.3. The van der Waals surface area contributed by atoms with Crippen LogP contribution < -0.4 is 4.74 Å². The molecule has 0 bridgehead atoms. The highest BCUT2D eigenvalue weighted by Crippen LogP contribution is 2.39. The van der Waals surface area contributed by atoms with Gasteiger partial charge in [0.05, 0.1) is 4.92 Å². The quantitative estimate of drug-likeness (QED) is 0.615. The van der Waals surface area contributed by atoms with Gasteiger partial charge in [0, 0.05) is 0 Å². The molecule has 8 heteroatoms. The van der Waals surface area contributed by atoms with Gasteiger partial charge < -0.3 is 4.74 Å². The van der Waals surface area contributed by atoms with E-state index in [1.807, 2.05) is 0 Å². The van der Waals surface area contributed by atoms with Crippen molar-refractivity contribution in [1.29, 1.82) is 0 Å². The van der Waals surface area contributed by atoms with Crippen molar-refractivity contribution in [2.75, 3.05) is 0 Å². The van der Waals surface area contributed by atoms with Crippen LogP contribution >= 0.6 is 23.2 Å². The molecule has 82 valence electrons. The van der Waals surface area contributed by atoms with Gasteiger partial charge in [0.1, 0.15) is 5.02 Å². The molecule has 0 fully saturated rings. The van der Waals surface area contributed by atoms with Crippen LogP contribution in [0.3, 0.4) is 0 Å². The zero-order valence-electron chi connectivity index (χ0n) is 6.92. The molecule has 0 amide bonds. The molecule has 15 heavy (non-hydrogen) atoms. The fourth-order valence-electron chi connectivity index (χ4n) is 0.877. The second-order valence-corrected chi connectivity index (χ2v) is 3.13. The molecule has 0 aliphatic rings. The van der Waals surface area contributed by atoms with Crippen molar-refractivity contribution < 1.29 is 18.4 Å². The Morgan fingerprint density at radius 3 is 2.47 bits per heavy atom. The monoisotopic (exact) mass is 257 g/mol. The van der Waals surface area contributed by atoms with Crippen molar-refractivity contribution in [3.05, 3.63) is 32.3 Å². The fraction of sp³-hybridized carbons (Fsp3) is 0.143. The smallest absolute Gasteiger partial charge is 0.387 e. The molecule has 0 saturated heterocycles. The third-order valence-corrected chi connectivity index (χ3v) is 2.10. The summed E-state index contributed by atoms with van der Waals surface area (Å²) in [6.07, 6.45) is 0. The lowest BCUT2D eigenvalue weighted by Crippen LogP contribution is -2.03. The largest absolute Gasteiger partial charge is 0.433 e. The van der Waals surface area contributed by atoms with E-state index in [1.54, 1.807) is 0 Å². The van der Waals surface area contributed by atoms with E-state index in [2.05, 4.69) is 4.74 Å². The first-order valence-electron chi connectivity index (χ1n) is 3.50. The Hall–Kier alpha value is -1.14. The predicted octanol–water partition coefficient (Wildman–Crippen LogP) is 3.50. The Morgan fingerprint density at radius 2 is 2.00 bits per heavy atom. The number of ether oxygens (including phenoxy) is 1. The number of alkyl halides is 2. The molecule has 0 aromatic heterocycles. The third kappa shape index (κ3) is 2.66.